The molecule has 0 saturated carbocycles. The van der Waals surface area contributed by atoms with Crippen LogP contribution in [-0.2, 0) is 11.4 Å². The molecule has 0 unspecified atom stereocenters. The molecule has 2 aromatic rings. The third-order valence-electron chi connectivity index (χ3n) is 4.14. The first-order valence-corrected chi connectivity index (χ1v) is 9.60. The summed E-state index contributed by atoms with van der Waals surface area (Å²) in [6, 6.07) is 16.7. The Hall–Kier alpha value is -3.09. The van der Waals surface area contributed by atoms with Gasteiger partial charge in [0.05, 0.1) is 16.1 Å². The Morgan fingerprint density at radius 1 is 1.29 bits per heavy atom. The number of rotatable bonds is 7. The van der Waals surface area contributed by atoms with E-state index in [0.717, 1.165) is 12.0 Å². The van der Waals surface area contributed by atoms with Gasteiger partial charge in [-0.1, -0.05) is 31.2 Å². The Morgan fingerprint density at radius 3 is 2.68 bits per heavy atom. The monoisotopic (exact) mass is 437 g/mol. The summed E-state index contributed by atoms with van der Waals surface area (Å²) in [5.41, 5.74) is 2.12. The molecule has 0 heterocycles. The van der Waals surface area contributed by atoms with E-state index in [4.69, 9.17) is 10.00 Å². The molecule has 2 aromatic carbocycles. The number of amides is 1. The van der Waals surface area contributed by atoms with Gasteiger partial charge in [-0.05, 0) is 59.1 Å². The lowest BCUT2D eigenvalue weighted by molar-refractivity contribution is -0.117. The number of benzene rings is 2. The molecule has 28 heavy (non-hydrogen) atoms. The molecule has 0 saturated heterocycles. The Bertz CT molecular complexity index is 970. The molecule has 142 valence electrons. The van der Waals surface area contributed by atoms with Crippen molar-refractivity contribution in [1.82, 2.24) is 5.32 Å². The van der Waals surface area contributed by atoms with E-state index < -0.39 is 0 Å². The number of hydrogen-bond acceptors (Lipinski definition) is 4. The fourth-order valence-corrected chi connectivity index (χ4v) is 2.86. The molecule has 0 bridgehead atoms. The topological polar surface area (TPSA) is 85.9 Å². The van der Waals surface area contributed by atoms with Crippen molar-refractivity contribution in [1.29, 1.82) is 10.5 Å². The number of carbonyl (C=O) groups is 1. The Morgan fingerprint density at radius 2 is 2.04 bits per heavy atom. The minimum atomic E-state index is -0.388. The smallest absolute Gasteiger partial charge is 0.262 e. The molecular weight excluding hydrogens is 418 g/mol. The van der Waals surface area contributed by atoms with Crippen LogP contribution in [0.3, 0.4) is 0 Å². The van der Waals surface area contributed by atoms with Crippen LogP contribution >= 0.6 is 15.9 Å². The van der Waals surface area contributed by atoms with Gasteiger partial charge >= 0.3 is 0 Å². The highest BCUT2D eigenvalue weighted by Gasteiger charge is 2.12. The van der Waals surface area contributed by atoms with Gasteiger partial charge in [-0.25, -0.2) is 0 Å². The molecule has 6 heteroatoms. The first-order chi connectivity index (χ1) is 13.5. The second-order valence-electron chi connectivity index (χ2n) is 6.20. The van der Waals surface area contributed by atoms with Crippen molar-refractivity contribution in [2.24, 2.45) is 0 Å². The minimum absolute atomic E-state index is 0.00282. The van der Waals surface area contributed by atoms with E-state index in [2.05, 4.69) is 27.3 Å². The van der Waals surface area contributed by atoms with Gasteiger partial charge in [0, 0.05) is 11.6 Å². The highest BCUT2D eigenvalue weighted by atomic mass is 79.9. The first-order valence-electron chi connectivity index (χ1n) is 8.81. The summed E-state index contributed by atoms with van der Waals surface area (Å²) in [6.07, 6.45) is 2.33. The number of nitrogens with one attached hydrogen (secondary N) is 1. The van der Waals surface area contributed by atoms with E-state index in [1.807, 2.05) is 38.1 Å². The molecule has 0 fully saturated rings. The molecule has 0 aromatic heterocycles. The van der Waals surface area contributed by atoms with Crippen molar-refractivity contribution < 1.29 is 9.53 Å². The number of nitriles is 2. The lowest BCUT2D eigenvalue weighted by atomic mass is 10.1. The van der Waals surface area contributed by atoms with Gasteiger partial charge in [-0.15, -0.1) is 0 Å². The summed E-state index contributed by atoms with van der Waals surface area (Å²) in [5.74, 6) is 0.217. The van der Waals surface area contributed by atoms with E-state index in [1.165, 1.54) is 6.08 Å². The maximum Gasteiger partial charge on any atom is 0.262 e. The van der Waals surface area contributed by atoms with Crippen LogP contribution < -0.4 is 10.1 Å². The van der Waals surface area contributed by atoms with E-state index in [1.54, 1.807) is 24.3 Å². The lowest BCUT2D eigenvalue weighted by Crippen LogP contribution is -2.32. The fraction of sp³-hybridized carbons (Fsp3) is 0.227. The minimum Gasteiger partial charge on any atom is -0.488 e. The van der Waals surface area contributed by atoms with Crippen molar-refractivity contribution in [3.63, 3.8) is 0 Å². The zero-order valence-electron chi connectivity index (χ0n) is 15.7. The number of nitrogens with zero attached hydrogens (tertiary/aromatic N) is 2. The van der Waals surface area contributed by atoms with Gasteiger partial charge in [0.1, 0.15) is 24.0 Å². The average Bonchev–Trinajstić information content (AvgIpc) is 2.71. The third kappa shape index (κ3) is 5.70. The zero-order chi connectivity index (χ0) is 20.5. The van der Waals surface area contributed by atoms with E-state index >= 15 is 0 Å². The number of carbonyl (C=O) groups excluding carboxylic acids is 1. The predicted molar refractivity (Wildman–Crippen MR) is 111 cm³/mol. The van der Waals surface area contributed by atoms with Crippen LogP contribution in [0, 0.1) is 22.7 Å². The number of ether oxygens (including phenoxy) is 1. The van der Waals surface area contributed by atoms with Crippen LogP contribution in [-0.4, -0.2) is 11.9 Å². The van der Waals surface area contributed by atoms with Gasteiger partial charge in [0.15, 0.2) is 0 Å². The molecule has 2 rings (SSSR count). The molecule has 0 aliphatic heterocycles. The van der Waals surface area contributed by atoms with Gasteiger partial charge in [0.25, 0.3) is 5.91 Å². The molecular formula is C22H20BrN3O2. The van der Waals surface area contributed by atoms with Gasteiger partial charge in [0.2, 0.25) is 0 Å². The van der Waals surface area contributed by atoms with Crippen LogP contribution in [0.15, 0.2) is 52.5 Å². The van der Waals surface area contributed by atoms with Crippen LogP contribution in [0.5, 0.6) is 5.75 Å². The van der Waals surface area contributed by atoms with Crippen molar-refractivity contribution in [2.45, 2.75) is 32.9 Å². The Kier molecular flexibility index (Phi) is 7.80. The number of hydrogen-bond donors (Lipinski definition) is 1. The molecule has 5 nitrogen and oxygen atoms in total. The molecule has 0 radical (unpaired) electrons. The van der Waals surface area contributed by atoms with Gasteiger partial charge < -0.3 is 10.1 Å². The second-order valence-corrected chi connectivity index (χ2v) is 7.05. The summed E-state index contributed by atoms with van der Waals surface area (Å²) in [5, 5.41) is 21.2. The van der Waals surface area contributed by atoms with E-state index in [0.29, 0.717) is 21.3 Å². The number of halogens is 1. The van der Waals surface area contributed by atoms with E-state index in [9.17, 15) is 10.1 Å². The molecule has 0 aliphatic carbocycles. The summed E-state index contributed by atoms with van der Waals surface area (Å²) in [6.45, 7) is 4.11. The van der Waals surface area contributed by atoms with Crippen molar-refractivity contribution in [3.05, 3.63) is 69.2 Å². The summed E-state index contributed by atoms with van der Waals surface area (Å²) in [4.78, 5) is 12.2. The van der Waals surface area contributed by atoms with Gasteiger partial charge in [-0.2, -0.15) is 10.5 Å². The van der Waals surface area contributed by atoms with Crippen LogP contribution in [0.4, 0.5) is 0 Å². The van der Waals surface area contributed by atoms with E-state index in [-0.39, 0.29) is 24.1 Å². The lowest BCUT2D eigenvalue weighted by Gasteiger charge is -2.11. The van der Waals surface area contributed by atoms with Crippen molar-refractivity contribution in [2.75, 3.05) is 0 Å². The Labute approximate surface area is 173 Å². The zero-order valence-corrected chi connectivity index (χ0v) is 17.3. The van der Waals surface area contributed by atoms with Crippen LogP contribution in [0.2, 0.25) is 0 Å². The quantitative estimate of drug-likeness (QED) is 0.501. The maximum absolute atomic E-state index is 12.2. The standard InChI is InChI=1S/C22H20BrN3O2/c1-3-15(2)26-22(27)19(13-25)10-16-8-9-21(20(23)11-16)28-14-18-7-5-4-6-17(18)12-24/h4-11,15H,3,14H2,1-2H3,(H,26,27)/b19-10+/t15-/m1/s1. The Balaban J connectivity index is 2.14. The predicted octanol–water partition coefficient (Wildman–Crippen LogP) is 4.72. The normalized spacial score (nSPS) is 11.8. The van der Waals surface area contributed by atoms with Gasteiger partial charge in [-0.3, -0.25) is 4.79 Å². The maximum atomic E-state index is 12.2. The SMILES string of the molecule is CC[C@@H](C)NC(=O)/C(C#N)=C/c1ccc(OCc2ccccc2C#N)c(Br)c1. The average molecular weight is 438 g/mol. The van der Waals surface area contributed by atoms with Crippen LogP contribution in [0.25, 0.3) is 6.08 Å². The molecule has 1 amide bonds. The molecule has 1 atom stereocenters. The first kappa shape index (κ1) is 21.2. The second kappa shape index (κ2) is 10.3. The highest BCUT2D eigenvalue weighted by molar-refractivity contribution is 9.10. The summed E-state index contributed by atoms with van der Waals surface area (Å²) in [7, 11) is 0. The fourth-order valence-electron chi connectivity index (χ4n) is 2.35. The summed E-state index contributed by atoms with van der Waals surface area (Å²) >= 11 is 3.45. The largest absolute Gasteiger partial charge is 0.488 e. The molecule has 0 spiro atoms. The van der Waals surface area contributed by atoms with Crippen molar-refractivity contribution in [3.8, 4) is 17.9 Å². The third-order valence-corrected chi connectivity index (χ3v) is 4.76. The van der Waals surface area contributed by atoms with Crippen molar-refractivity contribution >= 4 is 27.9 Å². The molecule has 1 N–H and O–H groups in total. The molecule has 0 aliphatic rings. The highest BCUT2D eigenvalue weighted by Crippen LogP contribution is 2.28. The van der Waals surface area contributed by atoms with Crippen LogP contribution in [0.1, 0.15) is 37.0 Å². The summed E-state index contributed by atoms with van der Waals surface area (Å²) < 4.78 is 6.49.